The Morgan fingerprint density at radius 1 is 1.18 bits per heavy atom. The van der Waals surface area contributed by atoms with Crippen LogP contribution in [0.3, 0.4) is 0 Å². The van der Waals surface area contributed by atoms with Crippen LogP contribution in [0, 0.1) is 0 Å². The second-order valence-electron chi connectivity index (χ2n) is 5.69. The Morgan fingerprint density at radius 3 is 2.29 bits per heavy atom. The van der Waals surface area contributed by atoms with E-state index in [-0.39, 0.29) is 5.41 Å². The molecule has 1 aromatic rings. The molecule has 0 aliphatic heterocycles. The summed E-state index contributed by atoms with van der Waals surface area (Å²) in [7, 11) is 0. The summed E-state index contributed by atoms with van der Waals surface area (Å²) >= 11 is 0. The van der Waals surface area contributed by atoms with Crippen LogP contribution in [0.4, 0.5) is 0 Å². The zero-order valence-electron chi connectivity index (χ0n) is 10.9. The SMILES string of the molecule is CC(C)(C)c1ncc(CNC2CC=CC2)cn1. The third kappa shape index (κ3) is 3.37. The van der Waals surface area contributed by atoms with Crippen molar-refractivity contribution in [2.24, 2.45) is 0 Å². The lowest BCUT2D eigenvalue weighted by molar-refractivity contribution is 0.527. The molecule has 3 heteroatoms. The molecule has 0 saturated carbocycles. The molecule has 0 amide bonds. The fourth-order valence-corrected chi connectivity index (χ4v) is 1.88. The molecule has 0 spiro atoms. The predicted molar refractivity (Wildman–Crippen MR) is 69.7 cm³/mol. The van der Waals surface area contributed by atoms with Crippen molar-refractivity contribution in [2.75, 3.05) is 0 Å². The van der Waals surface area contributed by atoms with Gasteiger partial charge in [-0.1, -0.05) is 32.9 Å². The Morgan fingerprint density at radius 2 is 1.76 bits per heavy atom. The summed E-state index contributed by atoms with van der Waals surface area (Å²) in [5.41, 5.74) is 1.19. The Balaban J connectivity index is 1.89. The summed E-state index contributed by atoms with van der Waals surface area (Å²) in [6.45, 7) is 7.25. The van der Waals surface area contributed by atoms with E-state index in [4.69, 9.17) is 0 Å². The van der Waals surface area contributed by atoms with Crippen LogP contribution in [0.5, 0.6) is 0 Å². The Labute approximate surface area is 103 Å². The van der Waals surface area contributed by atoms with Gasteiger partial charge in [0.25, 0.3) is 0 Å². The highest BCUT2D eigenvalue weighted by Crippen LogP contribution is 2.17. The summed E-state index contributed by atoms with van der Waals surface area (Å²) in [5, 5.41) is 3.51. The number of aromatic nitrogens is 2. The van der Waals surface area contributed by atoms with Crippen LogP contribution in [0.25, 0.3) is 0 Å². The average Bonchev–Trinajstić information content (AvgIpc) is 2.78. The number of nitrogens with zero attached hydrogens (tertiary/aromatic N) is 2. The van der Waals surface area contributed by atoms with E-state index in [0.29, 0.717) is 6.04 Å². The molecule has 1 aliphatic rings. The fourth-order valence-electron chi connectivity index (χ4n) is 1.88. The molecule has 0 unspecified atom stereocenters. The summed E-state index contributed by atoms with van der Waals surface area (Å²) in [6.07, 6.45) is 10.6. The minimum atomic E-state index is 0.0291. The van der Waals surface area contributed by atoms with E-state index in [1.165, 1.54) is 0 Å². The van der Waals surface area contributed by atoms with Gasteiger partial charge in [-0.3, -0.25) is 0 Å². The Kier molecular flexibility index (Phi) is 3.57. The van der Waals surface area contributed by atoms with Crippen LogP contribution in [0.15, 0.2) is 24.5 Å². The van der Waals surface area contributed by atoms with Crippen molar-refractivity contribution in [2.45, 2.75) is 51.6 Å². The Hall–Kier alpha value is -1.22. The van der Waals surface area contributed by atoms with Crippen molar-refractivity contribution in [1.82, 2.24) is 15.3 Å². The molecule has 0 atom stereocenters. The third-order valence-corrected chi connectivity index (χ3v) is 2.98. The van der Waals surface area contributed by atoms with Gasteiger partial charge in [-0.05, 0) is 12.8 Å². The summed E-state index contributed by atoms with van der Waals surface area (Å²) in [5.74, 6) is 0.906. The maximum Gasteiger partial charge on any atom is 0.133 e. The summed E-state index contributed by atoms with van der Waals surface area (Å²) < 4.78 is 0. The average molecular weight is 231 g/mol. The van der Waals surface area contributed by atoms with E-state index in [1.807, 2.05) is 12.4 Å². The quantitative estimate of drug-likeness (QED) is 0.812. The normalized spacial score (nSPS) is 16.6. The topological polar surface area (TPSA) is 37.8 Å². The zero-order chi connectivity index (χ0) is 12.3. The molecule has 0 radical (unpaired) electrons. The van der Waals surface area contributed by atoms with Crippen LogP contribution in [-0.2, 0) is 12.0 Å². The molecule has 0 aromatic carbocycles. The molecule has 1 heterocycles. The molecule has 1 N–H and O–H groups in total. The van der Waals surface area contributed by atoms with E-state index >= 15 is 0 Å². The Bertz CT molecular complexity index is 379. The molecule has 0 bridgehead atoms. The van der Waals surface area contributed by atoms with Gasteiger partial charge >= 0.3 is 0 Å². The second kappa shape index (κ2) is 4.96. The summed E-state index contributed by atoms with van der Waals surface area (Å²) in [4.78, 5) is 8.86. The monoisotopic (exact) mass is 231 g/mol. The first-order valence-corrected chi connectivity index (χ1v) is 6.25. The van der Waals surface area contributed by atoms with Gasteiger partial charge in [-0.25, -0.2) is 9.97 Å². The van der Waals surface area contributed by atoms with Crippen molar-refractivity contribution < 1.29 is 0 Å². The maximum atomic E-state index is 4.43. The van der Waals surface area contributed by atoms with Crippen molar-refractivity contribution in [3.8, 4) is 0 Å². The first kappa shape index (κ1) is 12.2. The first-order chi connectivity index (χ1) is 8.05. The van der Waals surface area contributed by atoms with Gasteiger partial charge in [0.15, 0.2) is 0 Å². The number of nitrogens with one attached hydrogen (secondary N) is 1. The van der Waals surface area contributed by atoms with Gasteiger partial charge in [0.05, 0.1) is 0 Å². The number of rotatable bonds is 3. The molecule has 92 valence electrons. The predicted octanol–water partition coefficient (Wildman–Crippen LogP) is 2.58. The molecule has 1 aromatic heterocycles. The van der Waals surface area contributed by atoms with Crippen LogP contribution in [-0.4, -0.2) is 16.0 Å². The van der Waals surface area contributed by atoms with Crippen molar-refractivity contribution in [1.29, 1.82) is 0 Å². The van der Waals surface area contributed by atoms with E-state index in [2.05, 4.69) is 48.2 Å². The first-order valence-electron chi connectivity index (χ1n) is 6.25. The molecule has 2 rings (SSSR count). The number of hydrogen-bond acceptors (Lipinski definition) is 3. The van der Waals surface area contributed by atoms with Crippen molar-refractivity contribution in [3.63, 3.8) is 0 Å². The highest BCUT2D eigenvalue weighted by molar-refractivity contribution is 5.10. The second-order valence-corrected chi connectivity index (χ2v) is 5.69. The molecule has 3 nitrogen and oxygen atoms in total. The maximum absolute atomic E-state index is 4.43. The van der Waals surface area contributed by atoms with Crippen molar-refractivity contribution in [3.05, 3.63) is 35.9 Å². The highest BCUT2D eigenvalue weighted by Gasteiger charge is 2.16. The van der Waals surface area contributed by atoms with Gasteiger partial charge in [0, 0.05) is 36.0 Å². The lowest BCUT2D eigenvalue weighted by atomic mass is 9.96. The summed E-state index contributed by atoms with van der Waals surface area (Å²) in [6, 6.07) is 0.595. The minimum Gasteiger partial charge on any atom is -0.309 e. The van der Waals surface area contributed by atoms with E-state index in [1.54, 1.807) is 0 Å². The lowest BCUT2D eigenvalue weighted by Crippen LogP contribution is -2.26. The van der Waals surface area contributed by atoms with Crippen LogP contribution >= 0.6 is 0 Å². The zero-order valence-corrected chi connectivity index (χ0v) is 10.9. The molecule has 0 saturated heterocycles. The van der Waals surface area contributed by atoms with Gasteiger partial charge in [-0.2, -0.15) is 0 Å². The van der Waals surface area contributed by atoms with E-state index in [9.17, 15) is 0 Å². The molecular formula is C14H21N3. The molecule has 17 heavy (non-hydrogen) atoms. The number of hydrogen-bond donors (Lipinski definition) is 1. The standard InChI is InChI=1S/C14H21N3/c1-14(2,3)13-16-9-11(10-17-13)8-15-12-6-4-5-7-12/h4-5,9-10,12,15H,6-8H2,1-3H3. The smallest absolute Gasteiger partial charge is 0.133 e. The van der Waals surface area contributed by atoms with Crippen LogP contribution in [0.1, 0.15) is 45.0 Å². The third-order valence-electron chi connectivity index (χ3n) is 2.98. The molecule has 1 aliphatic carbocycles. The van der Waals surface area contributed by atoms with Gasteiger partial charge < -0.3 is 5.32 Å². The fraction of sp³-hybridized carbons (Fsp3) is 0.571. The van der Waals surface area contributed by atoms with Crippen LogP contribution < -0.4 is 5.32 Å². The minimum absolute atomic E-state index is 0.0291. The van der Waals surface area contributed by atoms with Crippen LogP contribution in [0.2, 0.25) is 0 Å². The van der Waals surface area contributed by atoms with Gasteiger partial charge in [0.1, 0.15) is 5.82 Å². The highest BCUT2D eigenvalue weighted by atomic mass is 14.9. The molecule has 0 fully saturated rings. The van der Waals surface area contributed by atoms with Gasteiger partial charge in [-0.15, -0.1) is 0 Å². The van der Waals surface area contributed by atoms with E-state index < -0.39 is 0 Å². The van der Waals surface area contributed by atoms with E-state index in [0.717, 1.165) is 30.8 Å². The van der Waals surface area contributed by atoms with Crippen molar-refractivity contribution >= 4 is 0 Å². The lowest BCUT2D eigenvalue weighted by Gasteiger charge is -2.16. The van der Waals surface area contributed by atoms with Gasteiger partial charge in [0.2, 0.25) is 0 Å². The molecular weight excluding hydrogens is 210 g/mol. The largest absolute Gasteiger partial charge is 0.309 e.